The summed E-state index contributed by atoms with van der Waals surface area (Å²) in [5.41, 5.74) is 2.17. The van der Waals surface area contributed by atoms with E-state index in [1.807, 2.05) is 82.3 Å². The van der Waals surface area contributed by atoms with E-state index in [0.717, 1.165) is 25.5 Å². The summed E-state index contributed by atoms with van der Waals surface area (Å²) in [6, 6.07) is 29.1. The lowest BCUT2D eigenvalue weighted by atomic mass is 10.0. The maximum absolute atomic E-state index is 14.6. The van der Waals surface area contributed by atoms with Crippen LogP contribution in [0.2, 0.25) is 0 Å². The standard InChI is InChI=1S/C36H40BrN3O5S/c1-26-15-21-30(22-16-26)46(43,44)40(31-13-9-10-14-33(31)45-5)25-34(41)39(24-28-17-19-29(37)20-18-28)32(35(42)38-36(2,3)4)23-27-11-7-6-8-12-27/h6-22,32H,23-25H2,1-5H3,(H,38,42)/t32-/m1/s1. The third-order valence-corrected chi connectivity index (χ3v) is 9.58. The Hall–Kier alpha value is -4.15. The fraction of sp³-hybridized carbons (Fsp3) is 0.278. The maximum atomic E-state index is 14.6. The summed E-state index contributed by atoms with van der Waals surface area (Å²) in [5, 5.41) is 3.04. The predicted molar refractivity (Wildman–Crippen MR) is 185 cm³/mol. The van der Waals surface area contributed by atoms with Crippen LogP contribution in [-0.2, 0) is 32.6 Å². The molecule has 1 N–H and O–H groups in total. The van der Waals surface area contributed by atoms with E-state index < -0.39 is 34.1 Å². The highest BCUT2D eigenvalue weighted by molar-refractivity contribution is 9.10. The molecule has 0 aliphatic rings. The molecule has 0 saturated heterocycles. The van der Waals surface area contributed by atoms with E-state index in [2.05, 4.69) is 21.2 Å². The molecular weight excluding hydrogens is 666 g/mol. The Morgan fingerprint density at radius 1 is 0.848 bits per heavy atom. The highest BCUT2D eigenvalue weighted by Crippen LogP contribution is 2.33. The molecule has 0 radical (unpaired) electrons. The molecule has 0 aromatic heterocycles. The molecule has 46 heavy (non-hydrogen) atoms. The van der Waals surface area contributed by atoms with E-state index in [1.54, 1.807) is 36.4 Å². The number of halogens is 1. The van der Waals surface area contributed by atoms with Crippen LogP contribution in [0, 0.1) is 6.92 Å². The molecule has 0 spiro atoms. The van der Waals surface area contributed by atoms with Crippen LogP contribution in [0.5, 0.6) is 5.75 Å². The molecule has 0 heterocycles. The topological polar surface area (TPSA) is 96.0 Å². The molecule has 8 nitrogen and oxygen atoms in total. The second-order valence-electron chi connectivity index (χ2n) is 12.1. The normalized spacial score (nSPS) is 12.2. The predicted octanol–water partition coefficient (Wildman–Crippen LogP) is 6.52. The van der Waals surface area contributed by atoms with Gasteiger partial charge in [-0.3, -0.25) is 13.9 Å². The number of anilines is 1. The van der Waals surface area contributed by atoms with Gasteiger partial charge in [0.1, 0.15) is 18.3 Å². The molecular formula is C36H40BrN3O5S. The third kappa shape index (κ3) is 8.98. The number of carbonyl (C=O) groups excluding carboxylic acids is 2. The average molecular weight is 707 g/mol. The maximum Gasteiger partial charge on any atom is 0.264 e. The molecule has 242 valence electrons. The second-order valence-corrected chi connectivity index (χ2v) is 14.9. The molecule has 0 bridgehead atoms. The molecule has 10 heteroatoms. The molecule has 0 unspecified atom stereocenters. The van der Waals surface area contributed by atoms with Gasteiger partial charge >= 0.3 is 0 Å². The van der Waals surface area contributed by atoms with Gasteiger partial charge in [0.05, 0.1) is 17.7 Å². The van der Waals surface area contributed by atoms with Gasteiger partial charge in [-0.15, -0.1) is 0 Å². The number of methoxy groups -OCH3 is 1. The molecule has 4 aromatic carbocycles. The molecule has 0 saturated carbocycles. The van der Waals surface area contributed by atoms with Gasteiger partial charge in [0.2, 0.25) is 11.8 Å². The Morgan fingerprint density at radius 2 is 1.46 bits per heavy atom. The number of carbonyl (C=O) groups is 2. The van der Waals surface area contributed by atoms with Crippen molar-refractivity contribution in [2.75, 3.05) is 18.0 Å². The summed E-state index contributed by atoms with van der Waals surface area (Å²) in [7, 11) is -2.80. The SMILES string of the molecule is COc1ccccc1N(CC(=O)N(Cc1ccc(Br)cc1)[C@H](Cc1ccccc1)C(=O)NC(C)(C)C)S(=O)(=O)c1ccc(C)cc1. The van der Waals surface area contributed by atoms with Crippen LogP contribution in [0.15, 0.2) is 112 Å². The molecule has 2 amide bonds. The fourth-order valence-electron chi connectivity index (χ4n) is 4.98. The Labute approximate surface area is 280 Å². The highest BCUT2D eigenvalue weighted by Gasteiger charge is 2.36. The molecule has 4 rings (SSSR count). The molecule has 0 fully saturated rings. The minimum absolute atomic E-state index is 0.0302. The zero-order chi connectivity index (χ0) is 33.5. The molecule has 4 aromatic rings. The Morgan fingerprint density at radius 3 is 2.07 bits per heavy atom. The molecule has 0 aliphatic carbocycles. The lowest BCUT2D eigenvalue weighted by Crippen LogP contribution is -2.56. The lowest BCUT2D eigenvalue weighted by molar-refractivity contribution is -0.140. The van der Waals surface area contributed by atoms with Crippen molar-refractivity contribution in [2.45, 2.75) is 57.1 Å². The van der Waals surface area contributed by atoms with E-state index in [4.69, 9.17) is 4.74 Å². The van der Waals surface area contributed by atoms with Crippen LogP contribution in [0.25, 0.3) is 0 Å². The number of benzene rings is 4. The van der Waals surface area contributed by atoms with Crippen LogP contribution in [-0.4, -0.2) is 50.4 Å². The quantitative estimate of drug-likeness (QED) is 0.181. The van der Waals surface area contributed by atoms with Gasteiger partial charge in [0.25, 0.3) is 10.0 Å². The molecule has 0 aliphatic heterocycles. The van der Waals surface area contributed by atoms with Crippen molar-refractivity contribution in [1.82, 2.24) is 10.2 Å². The van der Waals surface area contributed by atoms with Crippen molar-refractivity contribution >= 4 is 43.5 Å². The van der Waals surface area contributed by atoms with Crippen molar-refractivity contribution in [3.05, 3.63) is 124 Å². The van der Waals surface area contributed by atoms with E-state index >= 15 is 0 Å². The van der Waals surface area contributed by atoms with Crippen LogP contribution in [0.1, 0.15) is 37.5 Å². The van der Waals surface area contributed by atoms with E-state index in [9.17, 15) is 18.0 Å². The summed E-state index contributed by atoms with van der Waals surface area (Å²) in [4.78, 5) is 30.1. The van der Waals surface area contributed by atoms with Crippen molar-refractivity contribution in [3.8, 4) is 5.75 Å². The van der Waals surface area contributed by atoms with Gasteiger partial charge in [0.15, 0.2) is 0 Å². The van der Waals surface area contributed by atoms with Crippen molar-refractivity contribution in [1.29, 1.82) is 0 Å². The summed E-state index contributed by atoms with van der Waals surface area (Å²) < 4.78 is 36.0. The summed E-state index contributed by atoms with van der Waals surface area (Å²) in [6.07, 6.45) is 0.227. The number of hydrogen-bond acceptors (Lipinski definition) is 5. The second kappa shape index (κ2) is 15.0. The minimum atomic E-state index is -4.25. The Bertz CT molecular complexity index is 1740. The third-order valence-electron chi connectivity index (χ3n) is 7.28. The minimum Gasteiger partial charge on any atom is -0.495 e. The van der Waals surface area contributed by atoms with Crippen molar-refractivity contribution in [2.24, 2.45) is 0 Å². The van der Waals surface area contributed by atoms with Crippen molar-refractivity contribution in [3.63, 3.8) is 0 Å². The Balaban J connectivity index is 1.84. The van der Waals surface area contributed by atoms with Gasteiger partial charge in [-0.1, -0.05) is 88.2 Å². The number of ether oxygens (including phenoxy) is 1. The van der Waals surface area contributed by atoms with E-state index in [-0.39, 0.29) is 35.2 Å². The average Bonchev–Trinajstić information content (AvgIpc) is 3.02. The fourth-order valence-corrected chi connectivity index (χ4v) is 6.67. The smallest absolute Gasteiger partial charge is 0.264 e. The number of nitrogens with one attached hydrogen (secondary N) is 1. The first kappa shape index (κ1) is 34.7. The first-order chi connectivity index (χ1) is 21.8. The number of sulfonamides is 1. The van der Waals surface area contributed by atoms with Crippen LogP contribution < -0.4 is 14.4 Å². The van der Waals surface area contributed by atoms with Gasteiger partial charge < -0.3 is 15.0 Å². The largest absolute Gasteiger partial charge is 0.495 e. The van der Waals surface area contributed by atoms with Crippen LogP contribution in [0.3, 0.4) is 0 Å². The number of hydrogen-bond donors (Lipinski definition) is 1. The highest BCUT2D eigenvalue weighted by atomic mass is 79.9. The number of nitrogens with zero attached hydrogens (tertiary/aromatic N) is 2. The summed E-state index contributed by atoms with van der Waals surface area (Å²) in [5.74, 6) is -0.599. The zero-order valence-electron chi connectivity index (χ0n) is 26.7. The first-order valence-electron chi connectivity index (χ1n) is 14.9. The van der Waals surface area contributed by atoms with E-state index in [0.29, 0.717) is 0 Å². The first-order valence-corrected chi connectivity index (χ1v) is 17.1. The van der Waals surface area contributed by atoms with E-state index in [1.165, 1.54) is 24.1 Å². The van der Waals surface area contributed by atoms with Gasteiger partial charge in [0, 0.05) is 23.0 Å². The van der Waals surface area contributed by atoms with Gasteiger partial charge in [-0.25, -0.2) is 8.42 Å². The lowest BCUT2D eigenvalue weighted by Gasteiger charge is -2.35. The number of amides is 2. The number of para-hydroxylation sites is 2. The van der Waals surface area contributed by atoms with Crippen LogP contribution >= 0.6 is 15.9 Å². The monoisotopic (exact) mass is 705 g/mol. The zero-order valence-corrected chi connectivity index (χ0v) is 29.1. The number of rotatable bonds is 12. The summed E-state index contributed by atoms with van der Waals surface area (Å²) >= 11 is 3.46. The molecule has 1 atom stereocenters. The summed E-state index contributed by atoms with van der Waals surface area (Å²) in [6.45, 7) is 7.01. The van der Waals surface area contributed by atoms with Crippen molar-refractivity contribution < 1.29 is 22.7 Å². The Kier molecular flexibility index (Phi) is 11.3. The van der Waals surface area contributed by atoms with Gasteiger partial charge in [-0.05, 0) is 75.2 Å². The van der Waals surface area contributed by atoms with Crippen LogP contribution in [0.4, 0.5) is 5.69 Å². The van der Waals surface area contributed by atoms with Gasteiger partial charge in [-0.2, -0.15) is 0 Å². The number of aryl methyl sites for hydroxylation is 1.